The fourth-order valence-corrected chi connectivity index (χ4v) is 2.78. The average molecular weight is 378 g/mol. The molecule has 0 atom stereocenters. The molecule has 0 fully saturated rings. The number of rotatable bonds is 3. The highest BCUT2D eigenvalue weighted by Crippen LogP contribution is 2.24. The predicted molar refractivity (Wildman–Crippen MR) is 102 cm³/mol. The van der Waals surface area contributed by atoms with Crippen LogP contribution in [-0.4, -0.2) is 11.0 Å². The Morgan fingerprint density at radius 1 is 1.00 bits per heavy atom. The molecule has 132 valence electrons. The van der Waals surface area contributed by atoms with Crippen molar-refractivity contribution in [2.75, 3.05) is 0 Å². The van der Waals surface area contributed by atoms with Gasteiger partial charge in [-0.2, -0.15) is 0 Å². The number of esters is 1. The number of hydrogen-bond acceptors (Lipinski definition) is 5. The van der Waals surface area contributed by atoms with E-state index in [0.717, 1.165) is 0 Å². The largest absolute Gasteiger partial charge is 0.463 e. The number of fused-ring (bicyclic) bond motifs is 1. The van der Waals surface area contributed by atoms with E-state index in [1.54, 1.807) is 48.5 Å². The average Bonchev–Trinajstić information content (AvgIpc) is 2.70. The van der Waals surface area contributed by atoms with Crippen LogP contribution in [0, 0.1) is 0 Å². The lowest BCUT2D eigenvalue weighted by Crippen LogP contribution is -2.09. The molecule has 2 heterocycles. The first-order valence-corrected chi connectivity index (χ1v) is 8.43. The van der Waals surface area contributed by atoms with Crippen molar-refractivity contribution in [3.05, 3.63) is 94.1 Å². The van der Waals surface area contributed by atoms with Gasteiger partial charge in [-0.1, -0.05) is 23.7 Å². The highest BCUT2D eigenvalue weighted by molar-refractivity contribution is 6.30. The van der Waals surface area contributed by atoms with Gasteiger partial charge in [-0.05, 0) is 42.0 Å². The van der Waals surface area contributed by atoms with Gasteiger partial charge < -0.3 is 9.15 Å². The van der Waals surface area contributed by atoms with Crippen LogP contribution in [0.2, 0.25) is 5.02 Å². The third kappa shape index (κ3) is 3.45. The van der Waals surface area contributed by atoms with Gasteiger partial charge in [-0.3, -0.25) is 9.78 Å². The molecule has 4 aromatic rings. The molecule has 0 aliphatic rings. The molecule has 0 unspecified atom stereocenters. The Balaban J connectivity index is 1.68. The lowest BCUT2D eigenvalue weighted by Gasteiger charge is -2.06. The van der Waals surface area contributed by atoms with Gasteiger partial charge in [-0.25, -0.2) is 4.79 Å². The Labute approximate surface area is 158 Å². The van der Waals surface area contributed by atoms with Crippen molar-refractivity contribution in [3.8, 4) is 16.9 Å². The second-order valence-electron chi connectivity index (χ2n) is 5.77. The molecule has 0 amide bonds. The van der Waals surface area contributed by atoms with Gasteiger partial charge in [0.25, 0.3) is 0 Å². The van der Waals surface area contributed by atoms with Crippen LogP contribution in [0.1, 0.15) is 10.4 Å². The van der Waals surface area contributed by atoms with Crippen LogP contribution in [0.5, 0.6) is 5.75 Å². The molecule has 0 radical (unpaired) electrons. The minimum absolute atomic E-state index is 0.175. The molecule has 0 saturated heterocycles. The van der Waals surface area contributed by atoms with Crippen LogP contribution in [0.4, 0.5) is 0 Å². The fourth-order valence-electron chi connectivity index (χ4n) is 2.65. The number of aromatic nitrogens is 1. The van der Waals surface area contributed by atoms with Crippen LogP contribution in [0.15, 0.2) is 82.5 Å². The maximum atomic E-state index is 12.8. The van der Waals surface area contributed by atoms with Crippen molar-refractivity contribution in [2.24, 2.45) is 0 Å². The lowest BCUT2D eigenvalue weighted by molar-refractivity contribution is 0.0735. The van der Waals surface area contributed by atoms with E-state index in [0.29, 0.717) is 32.7 Å². The third-order valence-corrected chi connectivity index (χ3v) is 4.28. The molecule has 0 N–H and O–H groups in total. The summed E-state index contributed by atoms with van der Waals surface area (Å²) in [6.45, 7) is 0. The summed E-state index contributed by atoms with van der Waals surface area (Å²) in [6.07, 6.45) is 4.41. The number of nitrogens with zero attached hydrogens (tertiary/aromatic N) is 1. The molecular weight excluding hydrogens is 366 g/mol. The van der Waals surface area contributed by atoms with E-state index in [9.17, 15) is 9.59 Å². The molecule has 0 spiro atoms. The van der Waals surface area contributed by atoms with Gasteiger partial charge in [0.1, 0.15) is 17.6 Å². The second-order valence-corrected chi connectivity index (χ2v) is 6.21. The number of pyridine rings is 1. The quantitative estimate of drug-likeness (QED) is 0.381. The summed E-state index contributed by atoms with van der Waals surface area (Å²) < 4.78 is 10.9. The van der Waals surface area contributed by atoms with Crippen LogP contribution in [-0.2, 0) is 0 Å². The molecule has 0 saturated carbocycles. The number of hydrogen-bond donors (Lipinski definition) is 0. The summed E-state index contributed by atoms with van der Waals surface area (Å²) in [6, 6.07) is 14.7. The highest BCUT2D eigenvalue weighted by atomic mass is 35.5. The monoisotopic (exact) mass is 377 g/mol. The summed E-state index contributed by atoms with van der Waals surface area (Å²) in [4.78, 5) is 28.8. The Morgan fingerprint density at radius 2 is 1.74 bits per heavy atom. The molecule has 5 nitrogen and oxygen atoms in total. The van der Waals surface area contributed by atoms with Crippen LogP contribution < -0.4 is 10.2 Å². The van der Waals surface area contributed by atoms with Crippen molar-refractivity contribution in [3.63, 3.8) is 0 Å². The molecule has 0 aliphatic carbocycles. The molecular formula is C21H12ClNO4. The highest BCUT2D eigenvalue weighted by Gasteiger charge is 2.12. The minimum Gasteiger partial charge on any atom is -0.463 e. The summed E-state index contributed by atoms with van der Waals surface area (Å²) in [5.41, 5.74) is 1.68. The Hall–Kier alpha value is -3.44. The second kappa shape index (κ2) is 7.05. The molecule has 6 heteroatoms. The summed E-state index contributed by atoms with van der Waals surface area (Å²) in [5.74, 6) is -0.233. The topological polar surface area (TPSA) is 69.4 Å². The van der Waals surface area contributed by atoms with Crippen molar-refractivity contribution in [1.29, 1.82) is 0 Å². The zero-order chi connectivity index (χ0) is 18.8. The maximum Gasteiger partial charge on any atom is 0.343 e. The van der Waals surface area contributed by atoms with Gasteiger partial charge in [0, 0.05) is 23.5 Å². The van der Waals surface area contributed by atoms with E-state index >= 15 is 0 Å². The Bertz CT molecular complexity index is 1180. The number of ether oxygens (including phenoxy) is 1. The zero-order valence-electron chi connectivity index (χ0n) is 13.9. The molecule has 2 aromatic heterocycles. The fraction of sp³-hybridized carbons (Fsp3) is 0. The molecule has 4 rings (SSSR count). The number of carbonyl (C=O) groups is 1. The van der Waals surface area contributed by atoms with Gasteiger partial charge in [0.15, 0.2) is 5.43 Å². The van der Waals surface area contributed by atoms with Gasteiger partial charge in [0.05, 0.1) is 16.5 Å². The van der Waals surface area contributed by atoms with Crippen LogP contribution >= 0.6 is 11.6 Å². The van der Waals surface area contributed by atoms with Crippen molar-refractivity contribution >= 4 is 28.5 Å². The number of halogens is 1. The summed E-state index contributed by atoms with van der Waals surface area (Å²) in [5, 5.41) is 0.982. The van der Waals surface area contributed by atoms with E-state index in [1.807, 2.05) is 0 Å². The van der Waals surface area contributed by atoms with E-state index in [2.05, 4.69) is 4.98 Å². The minimum atomic E-state index is -0.517. The van der Waals surface area contributed by atoms with E-state index < -0.39 is 5.97 Å². The van der Waals surface area contributed by atoms with Crippen LogP contribution in [0.25, 0.3) is 22.1 Å². The van der Waals surface area contributed by atoms with E-state index in [1.165, 1.54) is 24.7 Å². The molecule has 0 aliphatic heterocycles. The van der Waals surface area contributed by atoms with Gasteiger partial charge >= 0.3 is 5.97 Å². The van der Waals surface area contributed by atoms with Crippen molar-refractivity contribution in [1.82, 2.24) is 4.98 Å². The third-order valence-electron chi connectivity index (χ3n) is 4.03. The lowest BCUT2D eigenvalue weighted by atomic mass is 10.1. The van der Waals surface area contributed by atoms with Crippen molar-refractivity contribution in [2.45, 2.75) is 0 Å². The molecule has 0 bridgehead atoms. The van der Waals surface area contributed by atoms with Gasteiger partial charge in [-0.15, -0.1) is 0 Å². The smallest absolute Gasteiger partial charge is 0.343 e. The first-order valence-electron chi connectivity index (χ1n) is 8.05. The standard InChI is InChI=1S/C21H12ClNO4/c22-15-3-1-13(2-4-15)18-12-26-19-11-16(5-6-17(19)20(18)24)27-21(25)14-7-9-23-10-8-14/h1-12H. The Morgan fingerprint density at radius 3 is 2.48 bits per heavy atom. The van der Waals surface area contributed by atoms with Gasteiger partial charge in [0.2, 0.25) is 0 Å². The summed E-state index contributed by atoms with van der Waals surface area (Å²) >= 11 is 5.89. The normalized spacial score (nSPS) is 10.7. The van der Waals surface area contributed by atoms with E-state index in [-0.39, 0.29) is 11.2 Å². The number of carbonyl (C=O) groups excluding carboxylic acids is 1. The first-order chi connectivity index (χ1) is 13.1. The maximum absolute atomic E-state index is 12.8. The molecule has 27 heavy (non-hydrogen) atoms. The number of benzene rings is 2. The van der Waals surface area contributed by atoms with E-state index in [4.69, 9.17) is 20.8 Å². The summed E-state index contributed by atoms with van der Waals surface area (Å²) in [7, 11) is 0. The Kier molecular flexibility index (Phi) is 4.44. The van der Waals surface area contributed by atoms with Crippen molar-refractivity contribution < 1.29 is 13.9 Å². The van der Waals surface area contributed by atoms with Crippen LogP contribution in [0.3, 0.4) is 0 Å². The first kappa shape index (κ1) is 17.0. The zero-order valence-corrected chi connectivity index (χ0v) is 14.6. The molecule has 2 aromatic carbocycles. The SMILES string of the molecule is O=C(Oc1ccc2c(=O)c(-c3ccc(Cl)cc3)coc2c1)c1ccncc1. The predicted octanol–water partition coefficient (Wildman–Crippen LogP) is 4.73.